The summed E-state index contributed by atoms with van der Waals surface area (Å²) in [5.74, 6) is 4.67. The molecule has 2 rings (SSSR count). The molecule has 20 heavy (non-hydrogen) atoms. The highest BCUT2D eigenvalue weighted by Crippen LogP contribution is 2.16. The van der Waals surface area contributed by atoms with Crippen LogP contribution >= 0.6 is 0 Å². The molecule has 0 fully saturated rings. The number of halogens is 1. The minimum absolute atomic E-state index is 0.0775. The van der Waals surface area contributed by atoms with Gasteiger partial charge in [0.2, 0.25) is 5.91 Å². The van der Waals surface area contributed by atoms with E-state index in [4.69, 9.17) is 5.73 Å². The maximum absolute atomic E-state index is 13.2. The lowest BCUT2D eigenvalue weighted by molar-refractivity contribution is -0.116. The third kappa shape index (κ3) is 3.67. The lowest BCUT2D eigenvalue weighted by Crippen LogP contribution is -2.19. The summed E-state index contributed by atoms with van der Waals surface area (Å²) < 4.78 is 14.7. The summed E-state index contributed by atoms with van der Waals surface area (Å²) in [4.78, 5) is 11.9. The van der Waals surface area contributed by atoms with Crippen LogP contribution in [0.2, 0.25) is 0 Å². The van der Waals surface area contributed by atoms with Crippen molar-refractivity contribution in [2.75, 3.05) is 11.9 Å². The number of nitrogens with zero attached hydrogens (tertiary/aromatic N) is 2. The van der Waals surface area contributed by atoms with Gasteiger partial charge in [0.25, 0.3) is 0 Å². The smallest absolute Gasteiger partial charge is 0.246 e. The van der Waals surface area contributed by atoms with Crippen LogP contribution in [0.5, 0.6) is 0 Å². The van der Waals surface area contributed by atoms with E-state index in [9.17, 15) is 9.18 Å². The molecule has 1 aromatic carbocycles. The Morgan fingerprint density at radius 1 is 1.50 bits per heavy atom. The predicted octanol–water partition coefficient (Wildman–Crippen LogP) is 0.971. The third-order valence-electron chi connectivity index (χ3n) is 2.45. The van der Waals surface area contributed by atoms with Gasteiger partial charge in [-0.25, -0.2) is 4.39 Å². The molecule has 2 aromatic rings. The average Bonchev–Trinajstić information content (AvgIpc) is 2.91. The van der Waals surface area contributed by atoms with Gasteiger partial charge in [0.05, 0.1) is 17.8 Å². The van der Waals surface area contributed by atoms with Crippen molar-refractivity contribution in [3.05, 3.63) is 48.0 Å². The lowest BCUT2D eigenvalue weighted by Gasteiger charge is -2.08. The number of rotatable bonds is 3. The number of carbonyl (C=O) groups is 1. The number of amides is 1. The molecule has 0 aliphatic rings. The Kier molecular flexibility index (Phi) is 4.47. The van der Waals surface area contributed by atoms with Crippen molar-refractivity contribution < 1.29 is 9.18 Å². The van der Waals surface area contributed by atoms with Gasteiger partial charge in [-0.1, -0.05) is 11.8 Å². The Labute approximate surface area is 115 Å². The summed E-state index contributed by atoms with van der Waals surface area (Å²) in [6.07, 6.45) is 3.27. The maximum Gasteiger partial charge on any atom is 0.246 e. The molecule has 0 saturated heterocycles. The number of hydrogen-bond donors (Lipinski definition) is 2. The van der Waals surface area contributed by atoms with Crippen molar-refractivity contribution in [1.29, 1.82) is 0 Å². The van der Waals surface area contributed by atoms with Crippen molar-refractivity contribution >= 4 is 11.6 Å². The van der Waals surface area contributed by atoms with Crippen LogP contribution in [-0.2, 0) is 11.3 Å². The standard InChI is InChI=1S/C14H13FN4O/c15-12-4-5-13(11(9-12)3-1-6-16)18-14(20)10-19-8-2-7-17-19/h2,4-5,7-9H,6,10,16H2,(H,18,20). The van der Waals surface area contributed by atoms with Gasteiger partial charge < -0.3 is 11.1 Å². The predicted molar refractivity (Wildman–Crippen MR) is 73.2 cm³/mol. The van der Waals surface area contributed by atoms with Crippen LogP contribution in [0, 0.1) is 17.7 Å². The molecule has 102 valence electrons. The van der Waals surface area contributed by atoms with Gasteiger partial charge in [-0.05, 0) is 24.3 Å². The first-order valence-corrected chi connectivity index (χ1v) is 5.95. The SMILES string of the molecule is NCC#Cc1cc(F)ccc1NC(=O)Cn1cccn1. The fraction of sp³-hybridized carbons (Fsp3) is 0.143. The Morgan fingerprint density at radius 3 is 3.05 bits per heavy atom. The molecule has 1 amide bonds. The maximum atomic E-state index is 13.2. The van der Waals surface area contributed by atoms with E-state index in [0.29, 0.717) is 11.3 Å². The first-order chi connectivity index (χ1) is 9.69. The van der Waals surface area contributed by atoms with Crippen molar-refractivity contribution in [3.63, 3.8) is 0 Å². The van der Waals surface area contributed by atoms with E-state index >= 15 is 0 Å². The van der Waals surface area contributed by atoms with Crippen LogP contribution in [0.1, 0.15) is 5.56 Å². The quantitative estimate of drug-likeness (QED) is 0.818. The third-order valence-corrected chi connectivity index (χ3v) is 2.45. The van der Waals surface area contributed by atoms with Crippen molar-refractivity contribution in [1.82, 2.24) is 9.78 Å². The van der Waals surface area contributed by atoms with Crippen LogP contribution in [0.3, 0.4) is 0 Å². The van der Waals surface area contributed by atoms with Crippen LogP contribution in [0.25, 0.3) is 0 Å². The molecule has 1 aromatic heterocycles. The zero-order chi connectivity index (χ0) is 14.4. The summed E-state index contributed by atoms with van der Waals surface area (Å²) in [6, 6.07) is 5.71. The minimum atomic E-state index is -0.420. The molecule has 5 nitrogen and oxygen atoms in total. The van der Waals surface area contributed by atoms with E-state index in [0.717, 1.165) is 0 Å². The van der Waals surface area contributed by atoms with Gasteiger partial charge in [0, 0.05) is 12.4 Å². The minimum Gasteiger partial charge on any atom is -0.323 e. The molecule has 0 aliphatic carbocycles. The van der Waals surface area contributed by atoms with Gasteiger partial charge in [-0.3, -0.25) is 9.48 Å². The van der Waals surface area contributed by atoms with E-state index in [-0.39, 0.29) is 19.0 Å². The Balaban J connectivity index is 2.14. The normalized spacial score (nSPS) is 9.70. The summed E-state index contributed by atoms with van der Waals surface area (Å²) in [5, 5.41) is 6.61. The number of nitrogens with one attached hydrogen (secondary N) is 1. The van der Waals surface area contributed by atoms with Gasteiger partial charge in [0.1, 0.15) is 12.4 Å². The molecular weight excluding hydrogens is 259 g/mol. The second kappa shape index (κ2) is 6.50. The fourth-order valence-corrected chi connectivity index (χ4v) is 1.61. The summed E-state index contributed by atoms with van der Waals surface area (Å²) in [5.41, 5.74) is 6.13. The fourth-order valence-electron chi connectivity index (χ4n) is 1.61. The molecule has 0 bridgehead atoms. The van der Waals surface area contributed by atoms with Gasteiger partial charge in [0.15, 0.2) is 0 Å². The molecular formula is C14H13FN4O. The molecule has 3 N–H and O–H groups in total. The molecule has 0 saturated carbocycles. The molecule has 0 radical (unpaired) electrons. The first kappa shape index (κ1) is 13.8. The lowest BCUT2D eigenvalue weighted by atomic mass is 10.1. The van der Waals surface area contributed by atoms with Crippen molar-refractivity contribution in [3.8, 4) is 11.8 Å². The highest BCUT2D eigenvalue weighted by atomic mass is 19.1. The van der Waals surface area contributed by atoms with Gasteiger partial charge >= 0.3 is 0 Å². The summed E-state index contributed by atoms with van der Waals surface area (Å²) in [7, 11) is 0. The monoisotopic (exact) mass is 272 g/mol. The largest absolute Gasteiger partial charge is 0.323 e. The van der Waals surface area contributed by atoms with Crippen LogP contribution in [0.15, 0.2) is 36.7 Å². The van der Waals surface area contributed by atoms with E-state index in [1.54, 1.807) is 18.5 Å². The van der Waals surface area contributed by atoms with Crippen LogP contribution in [-0.4, -0.2) is 22.2 Å². The van der Waals surface area contributed by atoms with E-state index in [2.05, 4.69) is 22.3 Å². The second-order valence-corrected chi connectivity index (χ2v) is 3.95. The number of aromatic nitrogens is 2. The Bertz CT molecular complexity index is 656. The molecule has 0 atom stereocenters. The molecule has 1 heterocycles. The van der Waals surface area contributed by atoms with Crippen molar-refractivity contribution in [2.45, 2.75) is 6.54 Å². The van der Waals surface area contributed by atoms with E-state index < -0.39 is 5.82 Å². The topological polar surface area (TPSA) is 72.9 Å². The van der Waals surface area contributed by atoms with Crippen LogP contribution < -0.4 is 11.1 Å². The second-order valence-electron chi connectivity index (χ2n) is 3.95. The van der Waals surface area contributed by atoms with Crippen molar-refractivity contribution in [2.24, 2.45) is 5.73 Å². The number of carbonyl (C=O) groups excluding carboxylic acids is 1. The number of hydrogen-bond acceptors (Lipinski definition) is 3. The number of nitrogens with two attached hydrogens (primary N) is 1. The molecule has 0 unspecified atom stereocenters. The summed E-state index contributed by atoms with van der Waals surface area (Å²) >= 11 is 0. The average molecular weight is 272 g/mol. The zero-order valence-electron chi connectivity index (χ0n) is 10.6. The first-order valence-electron chi connectivity index (χ1n) is 5.95. The zero-order valence-corrected chi connectivity index (χ0v) is 10.6. The Morgan fingerprint density at radius 2 is 2.35 bits per heavy atom. The van der Waals surface area contributed by atoms with Gasteiger partial charge in [-0.2, -0.15) is 5.10 Å². The van der Waals surface area contributed by atoms with E-state index in [1.807, 2.05) is 0 Å². The highest BCUT2D eigenvalue weighted by molar-refractivity contribution is 5.92. The Hall–Kier alpha value is -2.65. The number of benzene rings is 1. The summed E-state index contributed by atoms with van der Waals surface area (Å²) in [6.45, 7) is 0.241. The van der Waals surface area contributed by atoms with Crippen LogP contribution in [0.4, 0.5) is 10.1 Å². The number of anilines is 1. The highest BCUT2D eigenvalue weighted by Gasteiger charge is 2.07. The molecule has 6 heteroatoms. The molecule has 0 aliphatic heterocycles. The van der Waals surface area contributed by atoms with Gasteiger partial charge in [-0.15, -0.1) is 0 Å². The van der Waals surface area contributed by atoms with E-state index in [1.165, 1.54) is 22.9 Å². The molecule has 0 spiro atoms.